The third kappa shape index (κ3) is 4.97. The van der Waals surface area contributed by atoms with Gasteiger partial charge < -0.3 is 29.6 Å². The number of ether oxygens (including phenoxy) is 4. The lowest BCUT2D eigenvalue weighted by Gasteiger charge is -2.20. The molecule has 0 bridgehead atoms. The lowest BCUT2D eigenvalue weighted by molar-refractivity contribution is -0.118. The van der Waals surface area contributed by atoms with Gasteiger partial charge >= 0.3 is 0 Å². The molecule has 1 heterocycles. The SMILES string of the molecule is COCCOc1ccc(C(C)NC(=O)c2ccc3c(c2)NC(=O)CO3)cc1OC. The highest BCUT2D eigenvalue weighted by atomic mass is 16.5. The van der Waals surface area contributed by atoms with E-state index in [4.69, 9.17) is 18.9 Å². The van der Waals surface area contributed by atoms with Gasteiger partial charge in [0, 0.05) is 12.7 Å². The highest BCUT2D eigenvalue weighted by molar-refractivity contribution is 6.00. The van der Waals surface area contributed by atoms with Gasteiger partial charge in [-0.15, -0.1) is 0 Å². The number of nitrogens with one attached hydrogen (secondary N) is 2. The first kappa shape index (κ1) is 20.5. The molecule has 0 spiro atoms. The van der Waals surface area contributed by atoms with E-state index in [9.17, 15) is 9.59 Å². The minimum atomic E-state index is -0.272. The smallest absolute Gasteiger partial charge is 0.262 e. The van der Waals surface area contributed by atoms with Crippen molar-refractivity contribution >= 4 is 17.5 Å². The quantitative estimate of drug-likeness (QED) is 0.662. The Morgan fingerprint density at radius 3 is 2.76 bits per heavy atom. The Morgan fingerprint density at radius 1 is 1.17 bits per heavy atom. The van der Waals surface area contributed by atoms with Crippen LogP contribution in [0.5, 0.6) is 17.2 Å². The average Bonchev–Trinajstić information content (AvgIpc) is 2.73. The van der Waals surface area contributed by atoms with Gasteiger partial charge in [-0.25, -0.2) is 0 Å². The second kappa shape index (κ2) is 9.29. The van der Waals surface area contributed by atoms with Crippen LogP contribution < -0.4 is 24.8 Å². The van der Waals surface area contributed by atoms with Crippen molar-refractivity contribution in [3.8, 4) is 17.2 Å². The molecule has 0 radical (unpaired) electrons. The fourth-order valence-corrected chi connectivity index (χ4v) is 2.90. The molecular formula is C21H24N2O6. The molecule has 29 heavy (non-hydrogen) atoms. The summed E-state index contributed by atoms with van der Waals surface area (Å²) in [4.78, 5) is 24.1. The fraction of sp³-hybridized carbons (Fsp3) is 0.333. The molecule has 3 rings (SSSR count). The lowest BCUT2D eigenvalue weighted by Crippen LogP contribution is -2.28. The number of hydrogen-bond acceptors (Lipinski definition) is 6. The van der Waals surface area contributed by atoms with Crippen LogP contribution >= 0.6 is 0 Å². The van der Waals surface area contributed by atoms with Crippen LogP contribution in [0.25, 0.3) is 0 Å². The van der Waals surface area contributed by atoms with Crippen LogP contribution in [0, 0.1) is 0 Å². The third-order valence-corrected chi connectivity index (χ3v) is 4.45. The van der Waals surface area contributed by atoms with Crippen molar-refractivity contribution in [2.45, 2.75) is 13.0 Å². The summed E-state index contributed by atoms with van der Waals surface area (Å²) in [7, 11) is 3.17. The second-order valence-corrected chi connectivity index (χ2v) is 6.49. The van der Waals surface area contributed by atoms with Crippen molar-refractivity contribution in [1.82, 2.24) is 5.32 Å². The standard InChI is InChI=1S/C21H24N2O6/c1-13(14-4-7-18(19(11-14)27-3)28-9-8-26-2)22-21(25)15-5-6-17-16(10-15)23-20(24)12-29-17/h4-7,10-11,13H,8-9,12H2,1-3H3,(H,22,25)(H,23,24). The first-order chi connectivity index (χ1) is 14.0. The molecule has 2 amide bonds. The monoisotopic (exact) mass is 400 g/mol. The summed E-state index contributed by atoms with van der Waals surface area (Å²) in [6.45, 7) is 2.74. The summed E-state index contributed by atoms with van der Waals surface area (Å²) in [5.74, 6) is 1.22. The molecule has 2 N–H and O–H groups in total. The number of carbonyl (C=O) groups is 2. The van der Waals surface area contributed by atoms with Crippen LogP contribution in [0.2, 0.25) is 0 Å². The Kier molecular flexibility index (Phi) is 6.56. The zero-order valence-corrected chi connectivity index (χ0v) is 16.6. The van der Waals surface area contributed by atoms with E-state index < -0.39 is 0 Å². The third-order valence-electron chi connectivity index (χ3n) is 4.45. The molecule has 154 valence electrons. The Bertz CT molecular complexity index is 899. The predicted octanol–water partition coefficient (Wildman–Crippen LogP) is 2.54. The predicted molar refractivity (Wildman–Crippen MR) is 107 cm³/mol. The highest BCUT2D eigenvalue weighted by Gasteiger charge is 2.19. The van der Waals surface area contributed by atoms with Crippen molar-refractivity contribution in [2.75, 3.05) is 39.4 Å². The van der Waals surface area contributed by atoms with Crippen LogP contribution in [0.4, 0.5) is 5.69 Å². The van der Waals surface area contributed by atoms with E-state index in [-0.39, 0.29) is 24.5 Å². The zero-order valence-electron chi connectivity index (χ0n) is 16.6. The summed E-state index contributed by atoms with van der Waals surface area (Å²) < 4.78 is 21.3. The van der Waals surface area contributed by atoms with E-state index in [1.165, 1.54) is 0 Å². The summed E-state index contributed by atoms with van der Waals surface area (Å²) >= 11 is 0. The first-order valence-electron chi connectivity index (χ1n) is 9.19. The Labute approximate surface area is 169 Å². The van der Waals surface area contributed by atoms with Gasteiger partial charge in [-0.05, 0) is 42.8 Å². The number of methoxy groups -OCH3 is 2. The highest BCUT2D eigenvalue weighted by Crippen LogP contribution is 2.31. The first-order valence-corrected chi connectivity index (χ1v) is 9.19. The van der Waals surface area contributed by atoms with Gasteiger partial charge in [-0.1, -0.05) is 6.07 Å². The van der Waals surface area contributed by atoms with Gasteiger partial charge in [0.1, 0.15) is 12.4 Å². The van der Waals surface area contributed by atoms with Gasteiger partial charge in [0.2, 0.25) is 0 Å². The summed E-state index contributed by atoms with van der Waals surface area (Å²) in [6, 6.07) is 10.2. The number of fused-ring (bicyclic) bond motifs is 1. The van der Waals surface area contributed by atoms with Gasteiger partial charge in [0.15, 0.2) is 18.1 Å². The number of anilines is 1. The van der Waals surface area contributed by atoms with Crippen LogP contribution in [0.3, 0.4) is 0 Å². The Morgan fingerprint density at radius 2 is 2.00 bits per heavy atom. The number of benzene rings is 2. The topological polar surface area (TPSA) is 95.1 Å². The van der Waals surface area contributed by atoms with Crippen molar-refractivity contribution < 1.29 is 28.5 Å². The summed E-state index contributed by atoms with van der Waals surface area (Å²) in [5.41, 5.74) is 1.78. The Balaban J connectivity index is 1.69. The van der Waals surface area contributed by atoms with Gasteiger partial charge in [0.05, 0.1) is 25.4 Å². The second-order valence-electron chi connectivity index (χ2n) is 6.49. The zero-order chi connectivity index (χ0) is 20.8. The van der Waals surface area contributed by atoms with Crippen molar-refractivity contribution in [2.24, 2.45) is 0 Å². The molecule has 2 aromatic rings. The van der Waals surface area contributed by atoms with Gasteiger partial charge in [0.25, 0.3) is 11.8 Å². The molecule has 1 aliphatic rings. The fourth-order valence-electron chi connectivity index (χ4n) is 2.90. The van der Waals surface area contributed by atoms with E-state index in [1.807, 2.05) is 19.1 Å². The minimum absolute atomic E-state index is 0.0252. The molecule has 8 heteroatoms. The number of hydrogen-bond donors (Lipinski definition) is 2. The van der Waals surface area contributed by atoms with E-state index >= 15 is 0 Å². The molecule has 0 fully saturated rings. The maximum atomic E-state index is 12.7. The number of amides is 2. The molecule has 0 saturated carbocycles. The van der Waals surface area contributed by atoms with Crippen molar-refractivity contribution in [3.63, 3.8) is 0 Å². The molecule has 1 aliphatic heterocycles. The molecule has 0 aliphatic carbocycles. The maximum absolute atomic E-state index is 12.7. The molecule has 0 saturated heterocycles. The van der Waals surface area contributed by atoms with Crippen LogP contribution in [0.1, 0.15) is 28.9 Å². The molecule has 1 unspecified atom stereocenters. The van der Waals surface area contributed by atoms with E-state index in [0.29, 0.717) is 41.7 Å². The molecule has 1 atom stereocenters. The largest absolute Gasteiger partial charge is 0.493 e. The Hall–Kier alpha value is -3.26. The van der Waals surface area contributed by atoms with Crippen molar-refractivity contribution in [3.05, 3.63) is 47.5 Å². The minimum Gasteiger partial charge on any atom is -0.493 e. The van der Waals surface area contributed by atoms with Crippen LogP contribution in [0.15, 0.2) is 36.4 Å². The van der Waals surface area contributed by atoms with E-state index in [2.05, 4.69) is 10.6 Å². The average molecular weight is 400 g/mol. The molecule has 8 nitrogen and oxygen atoms in total. The maximum Gasteiger partial charge on any atom is 0.262 e. The number of rotatable bonds is 8. The molecule has 0 aromatic heterocycles. The van der Waals surface area contributed by atoms with E-state index in [0.717, 1.165) is 5.56 Å². The van der Waals surface area contributed by atoms with Crippen molar-refractivity contribution in [1.29, 1.82) is 0 Å². The summed E-state index contributed by atoms with van der Waals surface area (Å²) in [6.07, 6.45) is 0. The molecular weight excluding hydrogens is 376 g/mol. The van der Waals surface area contributed by atoms with Gasteiger partial charge in [-0.3, -0.25) is 9.59 Å². The summed E-state index contributed by atoms with van der Waals surface area (Å²) in [5, 5.41) is 5.64. The van der Waals surface area contributed by atoms with Gasteiger partial charge in [-0.2, -0.15) is 0 Å². The lowest BCUT2D eigenvalue weighted by atomic mass is 10.1. The number of carbonyl (C=O) groups excluding carboxylic acids is 2. The molecule has 2 aromatic carbocycles. The normalized spacial score (nSPS) is 13.6. The van der Waals surface area contributed by atoms with E-state index in [1.54, 1.807) is 38.5 Å². The van der Waals surface area contributed by atoms with Crippen LogP contribution in [-0.2, 0) is 9.53 Å². The van der Waals surface area contributed by atoms with Crippen LogP contribution in [-0.4, -0.2) is 45.9 Å².